The highest BCUT2D eigenvalue weighted by Crippen LogP contribution is 2.09. The van der Waals surface area contributed by atoms with E-state index >= 15 is 0 Å². The fraction of sp³-hybridized carbons (Fsp3) is 0.308. The lowest BCUT2D eigenvalue weighted by Crippen LogP contribution is -2.37. The summed E-state index contributed by atoms with van der Waals surface area (Å²) in [4.78, 5) is 28.1. The van der Waals surface area contributed by atoms with Crippen molar-refractivity contribution in [3.8, 4) is 0 Å². The standard InChI is InChI=1S/C13H15N3O3/c17-12(18)8-10-4-5-11(9-14-10)15-13(19)16-6-2-1-3-7-16/h1-2,4-5,9H,3,6-8H2,(H,15,19)(H,17,18). The van der Waals surface area contributed by atoms with Crippen molar-refractivity contribution < 1.29 is 14.7 Å². The van der Waals surface area contributed by atoms with Crippen LogP contribution in [0.5, 0.6) is 0 Å². The van der Waals surface area contributed by atoms with Gasteiger partial charge in [0.15, 0.2) is 0 Å². The Balaban J connectivity index is 1.93. The molecular weight excluding hydrogens is 246 g/mol. The molecule has 100 valence electrons. The Morgan fingerprint density at radius 3 is 2.79 bits per heavy atom. The molecule has 0 radical (unpaired) electrons. The quantitative estimate of drug-likeness (QED) is 0.808. The third-order valence-electron chi connectivity index (χ3n) is 2.75. The van der Waals surface area contributed by atoms with Gasteiger partial charge in [-0.05, 0) is 18.6 Å². The van der Waals surface area contributed by atoms with Gasteiger partial charge in [-0.25, -0.2) is 4.79 Å². The number of aromatic nitrogens is 1. The third-order valence-corrected chi connectivity index (χ3v) is 2.75. The number of aliphatic carboxylic acids is 1. The van der Waals surface area contributed by atoms with Crippen molar-refractivity contribution in [3.05, 3.63) is 36.2 Å². The first-order valence-corrected chi connectivity index (χ1v) is 6.03. The average molecular weight is 261 g/mol. The Kier molecular flexibility index (Phi) is 4.12. The van der Waals surface area contributed by atoms with Crippen molar-refractivity contribution in [2.75, 3.05) is 18.4 Å². The number of amides is 2. The highest BCUT2D eigenvalue weighted by atomic mass is 16.4. The first kappa shape index (κ1) is 13.1. The van der Waals surface area contributed by atoms with Crippen LogP contribution in [0.2, 0.25) is 0 Å². The van der Waals surface area contributed by atoms with Crippen LogP contribution >= 0.6 is 0 Å². The molecule has 0 fully saturated rings. The van der Waals surface area contributed by atoms with Crippen molar-refractivity contribution in [1.82, 2.24) is 9.88 Å². The molecule has 6 heteroatoms. The van der Waals surface area contributed by atoms with Crippen molar-refractivity contribution in [2.24, 2.45) is 0 Å². The minimum absolute atomic E-state index is 0.120. The van der Waals surface area contributed by atoms with Gasteiger partial charge >= 0.3 is 12.0 Å². The van der Waals surface area contributed by atoms with Gasteiger partial charge in [-0.3, -0.25) is 9.78 Å². The number of nitrogens with zero attached hydrogens (tertiary/aromatic N) is 2. The van der Waals surface area contributed by atoms with Crippen LogP contribution < -0.4 is 5.32 Å². The van der Waals surface area contributed by atoms with Crippen molar-refractivity contribution >= 4 is 17.7 Å². The summed E-state index contributed by atoms with van der Waals surface area (Å²) < 4.78 is 0. The SMILES string of the molecule is O=C(O)Cc1ccc(NC(=O)N2CC=CCC2)cn1. The second-order valence-electron chi connectivity index (χ2n) is 4.24. The van der Waals surface area contributed by atoms with E-state index in [0.29, 0.717) is 24.5 Å². The van der Waals surface area contributed by atoms with E-state index in [1.54, 1.807) is 17.0 Å². The summed E-state index contributed by atoms with van der Waals surface area (Å²) in [5, 5.41) is 11.4. The van der Waals surface area contributed by atoms with Crippen molar-refractivity contribution in [2.45, 2.75) is 12.8 Å². The molecule has 0 aromatic carbocycles. The van der Waals surface area contributed by atoms with E-state index in [-0.39, 0.29) is 12.5 Å². The van der Waals surface area contributed by atoms with Crippen LogP contribution in [0.15, 0.2) is 30.5 Å². The second kappa shape index (κ2) is 5.99. The number of carbonyl (C=O) groups is 2. The van der Waals surface area contributed by atoms with Gasteiger partial charge in [0.05, 0.1) is 24.0 Å². The molecule has 0 unspecified atom stereocenters. The van der Waals surface area contributed by atoms with E-state index in [1.165, 1.54) is 6.20 Å². The van der Waals surface area contributed by atoms with Crippen LogP contribution in [-0.2, 0) is 11.2 Å². The summed E-state index contributed by atoms with van der Waals surface area (Å²) in [5.74, 6) is -0.926. The van der Waals surface area contributed by atoms with Gasteiger partial charge in [0.25, 0.3) is 0 Å². The van der Waals surface area contributed by atoms with Crippen molar-refractivity contribution in [1.29, 1.82) is 0 Å². The van der Waals surface area contributed by atoms with Gasteiger partial charge in [0.1, 0.15) is 0 Å². The zero-order chi connectivity index (χ0) is 13.7. The van der Waals surface area contributed by atoms with Crippen LogP contribution in [0.4, 0.5) is 10.5 Å². The van der Waals surface area contributed by atoms with Crippen LogP contribution in [0.3, 0.4) is 0 Å². The number of carboxylic acid groups (broad SMARTS) is 1. The van der Waals surface area contributed by atoms with E-state index in [1.807, 2.05) is 12.2 Å². The zero-order valence-electron chi connectivity index (χ0n) is 10.4. The number of hydrogen-bond acceptors (Lipinski definition) is 3. The largest absolute Gasteiger partial charge is 0.481 e. The number of rotatable bonds is 3. The molecule has 2 amide bonds. The Bertz CT molecular complexity index is 496. The first-order valence-electron chi connectivity index (χ1n) is 6.03. The highest BCUT2D eigenvalue weighted by molar-refractivity contribution is 5.89. The lowest BCUT2D eigenvalue weighted by atomic mass is 10.2. The van der Waals surface area contributed by atoms with E-state index in [4.69, 9.17) is 5.11 Å². The van der Waals surface area contributed by atoms with Gasteiger partial charge in [-0.2, -0.15) is 0 Å². The Labute approximate surface area is 110 Å². The highest BCUT2D eigenvalue weighted by Gasteiger charge is 2.13. The second-order valence-corrected chi connectivity index (χ2v) is 4.24. The summed E-state index contributed by atoms with van der Waals surface area (Å²) in [6.45, 7) is 1.31. The molecule has 2 N–H and O–H groups in total. The molecule has 2 heterocycles. The van der Waals surface area contributed by atoms with Crippen LogP contribution in [0, 0.1) is 0 Å². The number of carboxylic acids is 1. The maximum Gasteiger partial charge on any atom is 0.322 e. The summed E-state index contributed by atoms with van der Waals surface area (Å²) in [7, 11) is 0. The minimum Gasteiger partial charge on any atom is -0.481 e. The number of carbonyl (C=O) groups excluding carboxylic acids is 1. The number of pyridine rings is 1. The smallest absolute Gasteiger partial charge is 0.322 e. The molecule has 0 saturated carbocycles. The summed E-state index contributed by atoms with van der Waals surface area (Å²) in [5.41, 5.74) is 1.03. The predicted molar refractivity (Wildman–Crippen MR) is 69.9 cm³/mol. The zero-order valence-corrected chi connectivity index (χ0v) is 10.4. The number of hydrogen-bond donors (Lipinski definition) is 2. The van der Waals surface area contributed by atoms with Crippen LogP contribution in [-0.4, -0.2) is 40.1 Å². The van der Waals surface area contributed by atoms with Crippen LogP contribution in [0.25, 0.3) is 0 Å². The fourth-order valence-corrected chi connectivity index (χ4v) is 1.79. The molecule has 1 aliphatic rings. The first-order chi connectivity index (χ1) is 9.15. The predicted octanol–water partition coefficient (Wildman–Crippen LogP) is 1.50. The molecule has 0 atom stereocenters. The fourth-order valence-electron chi connectivity index (χ4n) is 1.79. The van der Waals surface area contributed by atoms with E-state index in [2.05, 4.69) is 10.3 Å². The summed E-state index contributed by atoms with van der Waals surface area (Å²) in [6, 6.07) is 3.08. The molecule has 0 spiro atoms. The Morgan fingerprint density at radius 1 is 1.37 bits per heavy atom. The number of urea groups is 1. The average Bonchev–Trinajstić information content (AvgIpc) is 2.41. The molecule has 0 saturated heterocycles. The maximum absolute atomic E-state index is 11.9. The molecular formula is C13H15N3O3. The van der Waals surface area contributed by atoms with Gasteiger partial charge in [-0.15, -0.1) is 0 Å². The molecule has 1 aromatic heterocycles. The molecule has 2 rings (SSSR count). The van der Waals surface area contributed by atoms with Gasteiger partial charge in [-0.1, -0.05) is 12.2 Å². The topological polar surface area (TPSA) is 82.5 Å². The van der Waals surface area contributed by atoms with Crippen LogP contribution in [0.1, 0.15) is 12.1 Å². The lowest BCUT2D eigenvalue weighted by Gasteiger charge is -2.23. The van der Waals surface area contributed by atoms with E-state index < -0.39 is 5.97 Å². The van der Waals surface area contributed by atoms with Gasteiger partial charge in [0, 0.05) is 13.1 Å². The molecule has 6 nitrogen and oxygen atoms in total. The monoisotopic (exact) mass is 261 g/mol. The number of anilines is 1. The summed E-state index contributed by atoms with van der Waals surface area (Å²) >= 11 is 0. The Hall–Kier alpha value is -2.37. The molecule has 0 aliphatic carbocycles. The molecule has 19 heavy (non-hydrogen) atoms. The normalized spacial score (nSPS) is 14.2. The van der Waals surface area contributed by atoms with Crippen molar-refractivity contribution in [3.63, 3.8) is 0 Å². The van der Waals surface area contributed by atoms with E-state index in [0.717, 1.165) is 6.42 Å². The van der Waals surface area contributed by atoms with Gasteiger partial charge < -0.3 is 15.3 Å². The maximum atomic E-state index is 11.9. The Morgan fingerprint density at radius 2 is 2.21 bits per heavy atom. The molecule has 1 aromatic rings. The molecule has 0 bridgehead atoms. The van der Waals surface area contributed by atoms with Gasteiger partial charge in [0.2, 0.25) is 0 Å². The lowest BCUT2D eigenvalue weighted by molar-refractivity contribution is -0.136. The molecule has 1 aliphatic heterocycles. The summed E-state index contributed by atoms with van der Waals surface area (Å²) in [6.07, 6.45) is 6.22. The minimum atomic E-state index is -0.926. The van der Waals surface area contributed by atoms with E-state index in [9.17, 15) is 9.59 Å². The third kappa shape index (κ3) is 3.80. The number of nitrogens with one attached hydrogen (secondary N) is 1.